The number of sulfonamides is 1. The summed E-state index contributed by atoms with van der Waals surface area (Å²) in [6.07, 6.45) is 0. The van der Waals surface area contributed by atoms with E-state index in [1.165, 1.54) is 12.1 Å². The van der Waals surface area contributed by atoms with Gasteiger partial charge in [0.2, 0.25) is 10.0 Å². The van der Waals surface area contributed by atoms with E-state index in [2.05, 4.69) is 4.99 Å². The SMILES string of the molecule is COc1ccc(-c2cc(=Nc3ccc(S(N)(=O)=O)cc3)c3cc(Cl)ccc3o2)cc1. The first kappa shape index (κ1) is 20.2. The van der Waals surface area contributed by atoms with Gasteiger partial charge in [-0.05, 0) is 66.7 Å². The van der Waals surface area contributed by atoms with Crippen LogP contribution in [0, 0.1) is 0 Å². The fourth-order valence-electron chi connectivity index (χ4n) is 2.98. The van der Waals surface area contributed by atoms with Crippen molar-refractivity contribution in [2.24, 2.45) is 10.1 Å². The topological polar surface area (TPSA) is 94.9 Å². The lowest BCUT2D eigenvalue weighted by atomic mass is 10.1. The third kappa shape index (κ3) is 4.23. The fraction of sp³-hybridized carbons (Fsp3) is 0.0455. The summed E-state index contributed by atoms with van der Waals surface area (Å²) in [4.78, 5) is 4.70. The van der Waals surface area contributed by atoms with Crippen molar-refractivity contribution in [1.82, 2.24) is 0 Å². The number of benzene rings is 3. The molecule has 3 aromatic carbocycles. The van der Waals surface area contributed by atoms with Crippen LogP contribution in [0.3, 0.4) is 0 Å². The molecule has 6 nitrogen and oxygen atoms in total. The Labute approximate surface area is 178 Å². The lowest BCUT2D eigenvalue weighted by Crippen LogP contribution is -2.11. The molecule has 0 aliphatic carbocycles. The Morgan fingerprint density at radius 3 is 2.30 bits per heavy atom. The van der Waals surface area contributed by atoms with Gasteiger partial charge in [0, 0.05) is 22.0 Å². The van der Waals surface area contributed by atoms with Crippen LogP contribution in [0.15, 0.2) is 87.1 Å². The van der Waals surface area contributed by atoms with E-state index in [0.29, 0.717) is 27.4 Å². The van der Waals surface area contributed by atoms with Gasteiger partial charge < -0.3 is 9.15 Å². The molecule has 0 unspecified atom stereocenters. The van der Waals surface area contributed by atoms with Gasteiger partial charge >= 0.3 is 0 Å². The molecule has 4 rings (SSSR count). The zero-order chi connectivity index (χ0) is 21.3. The van der Waals surface area contributed by atoms with E-state index in [-0.39, 0.29) is 4.90 Å². The number of rotatable bonds is 4. The second-order valence-electron chi connectivity index (χ2n) is 6.52. The van der Waals surface area contributed by atoms with Crippen LogP contribution in [0.1, 0.15) is 0 Å². The number of nitrogens with zero attached hydrogens (tertiary/aromatic N) is 1. The minimum atomic E-state index is -3.77. The van der Waals surface area contributed by atoms with Crippen LogP contribution in [0.5, 0.6) is 5.75 Å². The minimum absolute atomic E-state index is 0.0244. The molecule has 0 spiro atoms. The maximum atomic E-state index is 11.5. The predicted octanol–water partition coefficient (Wildman–Crippen LogP) is 4.64. The van der Waals surface area contributed by atoms with Crippen molar-refractivity contribution in [3.63, 3.8) is 0 Å². The Morgan fingerprint density at radius 1 is 0.967 bits per heavy atom. The quantitative estimate of drug-likeness (QED) is 0.500. The molecular weight excluding hydrogens is 424 g/mol. The normalized spacial score (nSPS) is 12.3. The third-order valence-electron chi connectivity index (χ3n) is 4.49. The number of methoxy groups -OCH3 is 1. The number of hydrogen-bond donors (Lipinski definition) is 1. The van der Waals surface area contributed by atoms with Crippen LogP contribution in [-0.2, 0) is 10.0 Å². The summed E-state index contributed by atoms with van der Waals surface area (Å²) in [5, 5.41) is 7.08. The molecule has 0 amide bonds. The summed E-state index contributed by atoms with van der Waals surface area (Å²) in [5.41, 5.74) is 2.04. The van der Waals surface area contributed by atoms with E-state index in [0.717, 1.165) is 16.7 Å². The Hall–Kier alpha value is -3.13. The summed E-state index contributed by atoms with van der Waals surface area (Å²) >= 11 is 6.18. The number of hydrogen-bond acceptors (Lipinski definition) is 5. The van der Waals surface area contributed by atoms with Crippen LogP contribution in [-0.4, -0.2) is 15.5 Å². The molecule has 0 fully saturated rings. The Balaban J connectivity index is 1.90. The number of nitrogens with two attached hydrogens (primary N) is 1. The molecule has 0 bridgehead atoms. The van der Waals surface area contributed by atoms with Crippen LogP contribution >= 0.6 is 11.6 Å². The zero-order valence-electron chi connectivity index (χ0n) is 15.9. The molecule has 2 N–H and O–H groups in total. The molecule has 1 aromatic heterocycles. The number of primary sulfonamides is 1. The molecule has 0 aliphatic heterocycles. The molecule has 0 saturated heterocycles. The van der Waals surface area contributed by atoms with Crippen molar-refractivity contribution in [3.05, 3.63) is 83.2 Å². The van der Waals surface area contributed by atoms with Gasteiger partial charge in [0.1, 0.15) is 17.1 Å². The van der Waals surface area contributed by atoms with E-state index < -0.39 is 10.0 Å². The first-order valence-electron chi connectivity index (χ1n) is 8.89. The lowest BCUT2D eigenvalue weighted by Gasteiger charge is -2.07. The Bertz CT molecular complexity index is 1390. The molecule has 152 valence electrons. The summed E-state index contributed by atoms with van der Waals surface area (Å²) in [6.45, 7) is 0. The van der Waals surface area contributed by atoms with Gasteiger partial charge in [-0.2, -0.15) is 0 Å². The van der Waals surface area contributed by atoms with Gasteiger partial charge in [-0.1, -0.05) is 11.6 Å². The smallest absolute Gasteiger partial charge is 0.238 e. The van der Waals surface area contributed by atoms with Crippen molar-refractivity contribution >= 4 is 38.3 Å². The van der Waals surface area contributed by atoms with E-state index in [1.54, 1.807) is 37.4 Å². The van der Waals surface area contributed by atoms with Crippen molar-refractivity contribution < 1.29 is 17.6 Å². The Kier molecular flexibility index (Phi) is 5.34. The lowest BCUT2D eigenvalue weighted by molar-refractivity contribution is 0.415. The summed E-state index contributed by atoms with van der Waals surface area (Å²) < 4.78 is 34.2. The molecule has 30 heavy (non-hydrogen) atoms. The molecular formula is C22H17ClN2O4S. The maximum Gasteiger partial charge on any atom is 0.238 e. The minimum Gasteiger partial charge on any atom is -0.497 e. The van der Waals surface area contributed by atoms with Crippen LogP contribution in [0.4, 0.5) is 5.69 Å². The molecule has 0 radical (unpaired) electrons. The van der Waals surface area contributed by atoms with Gasteiger partial charge in [-0.3, -0.25) is 0 Å². The maximum absolute atomic E-state index is 11.5. The molecule has 0 atom stereocenters. The van der Waals surface area contributed by atoms with Gasteiger partial charge in [0.05, 0.1) is 23.0 Å². The summed E-state index contributed by atoms with van der Waals surface area (Å²) in [7, 11) is -2.16. The van der Waals surface area contributed by atoms with E-state index in [1.807, 2.05) is 30.3 Å². The average Bonchev–Trinajstić information content (AvgIpc) is 2.74. The highest BCUT2D eigenvalue weighted by molar-refractivity contribution is 7.89. The van der Waals surface area contributed by atoms with Gasteiger partial charge in [0.15, 0.2) is 0 Å². The first-order chi connectivity index (χ1) is 14.3. The van der Waals surface area contributed by atoms with E-state index in [9.17, 15) is 8.42 Å². The van der Waals surface area contributed by atoms with Crippen LogP contribution in [0.25, 0.3) is 22.3 Å². The molecule has 4 aromatic rings. The highest BCUT2D eigenvalue weighted by Gasteiger charge is 2.09. The van der Waals surface area contributed by atoms with E-state index in [4.69, 9.17) is 25.9 Å². The molecule has 8 heteroatoms. The van der Waals surface area contributed by atoms with Crippen molar-refractivity contribution in [1.29, 1.82) is 0 Å². The highest BCUT2D eigenvalue weighted by atomic mass is 35.5. The highest BCUT2D eigenvalue weighted by Crippen LogP contribution is 2.26. The zero-order valence-corrected chi connectivity index (χ0v) is 17.4. The van der Waals surface area contributed by atoms with Crippen molar-refractivity contribution in [3.8, 4) is 17.1 Å². The first-order valence-corrected chi connectivity index (χ1v) is 10.8. The van der Waals surface area contributed by atoms with Gasteiger partial charge in [-0.15, -0.1) is 0 Å². The molecule has 0 saturated carbocycles. The van der Waals surface area contributed by atoms with Crippen molar-refractivity contribution in [2.75, 3.05) is 7.11 Å². The number of fused-ring (bicyclic) bond motifs is 1. The van der Waals surface area contributed by atoms with E-state index >= 15 is 0 Å². The second-order valence-corrected chi connectivity index (χ2v) is 8.51. The Morgan fingerprint density at radius 2 is 1.67 bits per heavy atom. The predicted molar refractivity (Wildman–Crippen MR) is 116 cm³/mol. The van der Waals surface area contributed by atoms with Gasteiger partial charge in [0.25, 0.3) is 0 Å². The standard InChI is InChI=1S/C22H17ClN2O4S/c1-28-17-7-2-14(3-8-17)22-13-20(19-12-15(23)4-11-21(19)29-22)25-16-5-9-18(10-6-16)30(24,26)27/h2-13H,1H3,(H2,24,26,27). The van der Waals surface area contributed by atoms with Crippen LogP contribution < -0.4 is 15.2 Å². The van der Waals surface area contributed by atoms with Crippen molar-refractivity contribution in [2.45, 2.75) is 4.90 Å². The van der Waals surface area contributed by atoms with Gasteiger partial charge in [-0.25, -0.2) is 18.5 Å². The largest absolute Gasteiger partial charge is 0.497 e. The fourth-order valence-corrected chi connectivity index (χ4v) is 3.67. The third-order valence-corrected chi connectivity index (χ3v) is 5.66. The average molecular weight is 441 g/mol. The summed E-state index contributed by atoms with van der Waals surface area (Å²) in [6, 6.07) is 20.6. The summed E-state index contributed by atoms with van der Waals surface area (Å²) in [5.74, 6) is 1.36. The molecule has 1 heterocycles. The molecule has 0 aliphatic rings. The second kappa shape index (κ2) is 7.95. The number of halogens is 1. The van der Waals surface area contributed by atoms with Crippen LogP contribution in [0.2, 0.25) is 5.02 Å². The number of ether oxygens (including phenoxy) is 1. The monoisotopic (exact) mass is 440 g/mol.